The Morgan fingerprint density at radius 3 is 1.86 bits per heavy atom. The van der Waals surface area contributed by atoms with E-state index in [4.69, 9.17) is 10.2 Å². The molecule has 0 aromatic heterocycles. The molecule has 0 aliphatic rings. The van der Waals surface area contributed by atoms with E-state index < -0.39 is 5.79 Å². The van der Waals surface area contributed by atoms with Gasteiger partial charge in [-0.05, 0) is 27.2 Å². The first-order valence-electron chi connectivity index (χ1n) is 4.52. The zero-order chi connectivity index (χ0) is 11.8. The van der Waals surface area contributed by atoms with Gasteiger partial charge in [-0.1, -0.05) is 13.5 Å². The van der Waals surface area contributed by atoms with Crippen molar-refractivity contribution in [1.29, 1.82) is 0 Å². The normalized spacial score (nSPS) is 9.86. The topological polar surface area (TPSA) is 66.8 Å². The summed E-state index contributed by atoms with van der Waals surface area (Å²) in [6.45, 7) is 10.3. The fourth-order valence-corrected chi connectivity index (χ4v) is 0.254. The average Bonchev–Trinajstić information content (AvgIpc) is 2.04. The number of hydrogen-bond donors (Lipinski definition) is 2. The van der Waals surface area contributed by atoms with Gasteiger partial charge in [-0.3, -0.25) is 0 Å². The summed E-state index contributed by atoms with van der Waals surface area (Å²) in [7, 11) is 0. The van der Waals surface area contributed by atoms with E-state index >= 15 is 0 Å². The summed E-state index contributed by atoms with van der Waals surface area (Å²) >= 11 is 0. The molecule has 0 bridgehead atoms. The number of aliphatic hydroxyl groups is 2. The molecule has 0 rings (SSSR count). The van der Waals surface area contributed by atoms with Crippen LogP contribution in [-0.4, -0.2) is 28.6 Å². The predicted molar refractivity (Wildman–Crippen MR) is 54.6 cm³/mol. The zero-order valence-electron chi connectivity index (χ0n) is 9.33. The first-order chi connectivity index (χ1) is 6.24. The third kappa shape index (κ3) is 13.7. The van der Waals surface area contributed by atoms with Crippen LogP contribution in [0.3, 0.4) is 0 Å². The van der Waals surface area contributed by atoms with Crippen LogP contribution in [0.15, 0.2) is 12.2 Å². The van der Waals surface area contributed by atoms with Gasteiger partial charge >= 0.3 is 5.97 Å². The van der Waals surface area contributed by atoms with Crippen LogP contribution < -0.4 is 0 Å². The van der Waals surface area contributed by atoms with Gasteiger partial charge in [-0.2, -0.15) is 0 Å². The molecule has 0 aromatic rings. The van der Waals surface area contributed by atoms with Gasteiger partial charge in [0.15, 0.2) is 5.79 Å². The number of esters is 1. The van der Waals surface area contributed by atoms with Gasteiger partial charge in [-0.25, -0.2) is 4.79 Å². The van der Waals surface area contributed by atoms with Crippen molar-refractivity contribution in [3.63, 3.8) is 0 Å². The number of ether oxygens (including phenoxy) is 1. The van der Waals surface area contributed by atoms with E-state index in [0.29, 0.717) is 18.6 Å². The molecule has 0 heterocycles. The number of rotatable bonds is 3. The van der Waals surface area contributed by atoms with E-state index in [1.54, 1.807) is 20.8 Å². The van der Waals surface area contributed by atoms with Crippen molar-refractivity contribution in [3.8, 4) is 0 Å². The van der Waals surface area contributed by atoms with Crippen LogP contribution >= 0.6 is 0 Å². The number of carbonyl (C=O) groups is 1. The first-order valence-corrected chi connectivity index (χ1v) is 4.52. The smallest absolute Gasteiger partial charge is 0.333 e. The minimum Gasteiger partial charge on any atom is -0.463 e. The summed E-state index contributed by atoms with van der Waals surface area (Å²) in [6.07, 6.45) is 0.382. The Labute approximate surface area is 85.2 Å². The van der Waals surface area contributed by atoms with E-state index in [-0.39, 0.29) is 5.97 Å². The Hall–Kier alpha value is -0.870. The molecule has 84 valence electrons. The van der Waals surface area contributed by atoms with Crippen molar-refractivity contribution < 1.29 is 19.7 Å². The molecule has 0 aliphatic heterocycles. The van der Waals surface area contributed by atoms with Crippen molar-refractivity contribution >= 4 is 5.97 Å². The third-order valence-electron chi connectivity index (χ3n) is 1.29. The first kappa shape index (κ1) is 15.6. The van der Waals surface area contributed by atoms with E-state index in [1.165, 1.54) is 6.92 Å². The molecule has 0 atom stereocenters. The van der Waals surface area contributed by atoms with Crippen LogP contribution in [0, 0.1) is 0 Å². The predicted octanol–water partition coefficient (Wildman–Crippen LogP) is 1.22. The highest BCUT2D eigenvalue weighted by Crippen LogP contribution is 1.99. The van der Waals surface area contributed by atoms with Gasteiger partial charge in [0.05, 0.1) is 6.61 Å². The maximum absolute atomic E-state index is 10.4. The Balaban J connectivity index is 0. The molecule has 0 saturated carbocycles. The van der Waals surface area contributed by atoms with Gasteiger partial charge in [-0.15, -0.1) is 0 Å². The third-order valence-corrected chi connectivity index (χ3v) is 1.29. The molecule has 0 fully saturated rings. The second-order valence-corrected chi connectivity index (χ2v) is 3.07. The van der Waals surface area contributed by atoms with Crippen molar-refractivity contribution in [1.82, 2.24) is 0 Å². The molecule has 4 heteroatoms. The van der Waals surface area contributed by atoms with Crippen molar-refractivity contribution in [3.05, 3.63) is 12.2 Å². The average molecular weight is 204 g/mol. The highest BCUT2D eigenvalue weighted by Gasteiger charge is 2.08. The summed E-state index contributed by atoms with van der Waals surface area (Å²) in [5.74, 6) is -1.77. The van der Waals surface area contributed by atoms with Crippen LogP contribution in [0.25, 0.3) is 0 Å². The highest BCUT2D eigenvalue weighted by molar-refractivity contribution is 5.86. The lowest BCUT2D eigenvalue weighted by molar-refractivity contribution is -0.145. The second kappa shape index (κ2) is 7.53. The molecule has 0 unspecified atom stereocenters. The van der Waals surface area contributed by atoms with Crippen LogP contribution in [0.1, 0.15) is 34.1 Å². The second-order valence-electron chi connectivity index (χ2n) is 3.07. The number of hydrogen-bond acceptors (Lipinski definition) is 4. The molecule has 0 saturated heterocycles. The van der Waals surface area contributed by atoms with Crippen LogP contribution in [0.4, 0.5) is 0 Å². The summed E-state index contributed by atoms with van der Waals surface area (Å²) in [5.41, 5.74) is 0.451. The van der Waals surface area contributed by atoms with Crippen molar-refractivity contribution in [2.75, 3.05) is 6.61 Å². The Bertz CT molecular complexity index is 179. The van der Waals surface area contributed by atoms with Crippen LogP contribution in [0.5, 0.6) is 0 Å². The lowest BCUT2D eigenvalue weighted by Gasteiger charge is -2.10. The quantitative estimate of drug-likeness (QED) is 0.412. The number of carbonyl (C=O) groups excluding carboxylic acids is 1. The fourth-order valence-electron chi connectivity index (χ4n) is 0.254. The molecule has 4 nitrogen and oxygen atoms in total. The zero-order valence-corrected chi connectivity index (χ0v) is 9.33. The lowest BCUT2D eigenvalue weighted by atomic mass is 10.3. The molecule has 0 radical (unpaired) electrons. The lowest BCUT2D eigenvalue weighted by Crippen LogP contribution is -2.20. The van der Waals surface area contributed by atoms with E-state index in [2.05, 4.69) is 11.3 Å². The highest BCUT2D eigenvalue weighted by atomic mass is 16.5. The molecule has 0 aliphatic carbocycles. The van der Waals surface area contributed by atoms with E-state index in [1.807, 2.05) is 0 Å². The maximum Gasteiger partial charge on any atom is 0.333 e. The fraction of sp³-hybridized carbons (Fsp3) is 0.700. The molecule has 2 N–H and O–H groups in total. The van der Waals surface area contributed by atoms with Gasteiger partial charge in [0.1, 0.15) is 0 Å². The van der Waals surface area contributed by atoms with Crippen molar-refractivity contribution in [2.45, 2.75) is 39.9 Å². The molecular formula is C10H20O4. The monoisotopic (exact) mass is 204 g/mol. The van der Waals surface area contributed by atoms with Gasteiger partial charge in [0, 0.05) is 5.57 Å². The SMILES string of the molecule is C=C(C)C(=O)OCC.CCC(C)(O)O. The molecule has 0 aromatic carbocycles. The standard InChI is InChI=1S/C6H10O2.C4H10O2/c1-4-8-6(7)5(2)3;1-3-4(2,5)6/h2,4H2,1,3H3;5-6H,3H2,1-2H3. The largest absolute Gasteiger partial charge is 0.463 e. The Morgan fingerprint density at radius 1 is 1.43 bits per heavy atom. The Morgan fingerprint density at radius 2 is 1.79 bits per heavy atom. The molecule has 0 amide bonds. The van der Waals surface area contributed by atoms with Crippen LogP contribution in [0.2, 0.25) is 0 Å². The molecule has 14 heavy (non-hydrogen) atoms. The van der Waals surface area contributed by atoms with Gasteiger partial charge in [0.2, 0.25) is 0 Å². The van der Waals surface area contributed by atoms with E-state index in [9.17, 15) is 4.79 Å². The van der Waals surface area contributed by atoms with Crippen molar-refractivity contribution in [2.24, 2.45) is 0 Å². The van der Waals surface area contributed by atoms with Gasteiger partial charge < -0.3 is 14.9 Å². The summed E-state index contributed by atoms with van der Waals surface area (Å²) in [4.78, 5) is 10.4. The minimum atomic E-state index is -1.46. The molecular weight excluding hydrogens is 184 g/mol. The Kier molecular flexibility index (Phi) is 8.38. The minimum absolute atomic E-state index is 0.312. The summed E-state index contributed by atoms with van der Waals surface area (Å²) < 4.78 is 4.56. The maximum atomic E-state index is 10.4. The summed E-state index contributed by atoms with van der Waals surface area (Å²) in [5, 5.41) is 16.8. The van der Waals surface area contributed by atoms with Crippen LogP contribution in [-0.2, 0) is 9.53 Å². The van der Waals surface area contributed by atoms with Gasteiger partial charge in [0.25, 0.3) is 0 Å². The summed E-state index contributed by atoms with van der Waals surface area (Å²) in [6, 6.07) is 0. The van der Waals surface area contributed by atoms with E-state index in [0.717, 1.165) is 0 Å². The molecule has 0 spiro atoms.